The van der Waals surface area contributed by atoms with Crippen LogP contribution in [0.1, 0.15) is 25.5 Å². The van der Waals surface area contributed by atoms with E-state index in [0.717, 1.165) is 16.0 Å². The summed E-state index contributed by atoms with van der Waals surface area (Å²) >= 11 is 5.23. The van der Waals surface area contributed by atoms with Crippen LogP contribution in [0.4, 0.5) is 0 Å². The van der Waals surface area contributed by atoms with E-state index in [2.05, 4.69) is 52.6 Å². The summed E-state index contributed by atoms with van der Waals surface area (Å²) in [5.74, 6) is 1.06. The first-order valence-electron chi connectivity index (χ1n) is 6.47. The van der Waals surface area contributed by atoms with E-state index in [0.29, 0.717) is 11.8 Å². The van der Waals surface area contributed by atoms with Gasteiger partial charge in [0.1, 0.15) is 5.01 Å². The number of hydrogen-bond acceptors (Lipinski definition) is 3. The van der Waals surface area contributed by atoms with Crippen LogP contribution in [0.15, 0.2) is 34.1 Å². The van der Waals surface area contributed by atoms with Crippen molar-refractivity contribution < 1.29 is 0 Å². The molecule has 0 saturated carbocycles. The molecule has 0 aliphatic carbocycles. The van der Waals surface area contributed by atoms with E-state index in [9.17, 15) is 0 Å². The molecule has 1 N–H and O–H groups in total. The summed E-state index contributed by atoms with van der Waals surface area (Å²) in [6.07, 6.45) is 0. The van der Waals surface area contributed by atoms with Crippen molar-refractivity contribution in [3.63, 3.8) is 0 Å². The highest BCUT2D eigenvalue weighted by molar-refractivity contribution is 9.10. The summed E-state index contributed by atoms with van der Waals surface area (Å²) in [4.78, 5) is 4.82. The van der Waals surface area contributed by atoms with E-state index in [1.165, 1.54) is 11.3 Å². The predicted molar refractivity (Wildman–Crippen MR) is 86.8 cm³/mol. The summed E-state index contributed by atoms with van der Waals surface area (Å²) in [6.45, 7) is 5.47. The Hall–Kier alpha value is -0.710. The molecule has 1 atom stereocenters. The Morgan fingerprint density at radius 2 is 2.16 bits per heavy atom. The van der Waals surface area contributed by atoms with Crippen molar-refractivity contribution in [2.24, 2.45) is 5.92 Å². The minimum Gasteiger partial charge on any atom is -0.319 e. The van der Waals surface area contributed by atoms with Crippen LogP contribution >= 0.6 is 27.3 Å². The van der Waals surface area contributed by atoms with Gasteiger partial charge in [0.15, 0.2) is 0 Å². The molecule has 0 radical (unpaired) electrons. The van der Waals surface area contributed by atoms with Gasteiger partial charge in [0.05, 0.1) is 5.69 Å². The van der Waals surface area contributed by atoms with Crippen molar-refractivity contribution in [1.29, 1.82) is 0 Å². The lowest BCUT2D eigenvalue weighted by Crippen LogP contribution is -2.21. The second-order valence-corrected chi connectivity index (χ2v) is 6.77. The number of aromatic nitrogens is 1. The molecular formula is C15H19BrN2S. The number of nitrogens with one attached hydrogen (secondary N) is 1. The van der Waals surface area contributed by atoms with E-state index < -0.39 is 0 Å². The van der Waals surface area contributed by atoms with Crippen molar-refractivity contribution >= 4 is 27.3 Å². The first-order chi connectivity index (χ1) is 9.11. The summed E-state index contributed by atoms with van der Waals surface area (Å²) < 4.78 is 1.09. The van der Waals surface area contributed by atoms with Gasteiger partial charge in [-0.15, -0.1) is 11.3 Å². The molecule has 0 fully saturated rings. The maximum atomic E-state index is 4.82. The summed E-state index contributed by atoms with van der Waals surface area (Å²) in [5, 5.41) is 6.55. The molecule has 2 nitrogen and oxygen atoms in total. The highest BCUT2D eigenvalue weighted by Gasteiger charge is 2.18. The molecule has 0 bridgehead atoms. The standard InChI is InChI=1S/C15H19BrN2S/c1-10(2)13(8-17-3)14-9-19-15(18-14)11-5-4-6-12(16)7-11/h4-7,9-10,13,17H,8H2,1-3H3. The third-order valence-corrected chi connectivity index (χ3v) is 4.61. The molecule has 0 aliphatic rings. The number of benzene rings is 1. The van der Waals surface area contributed by atoms with Crippen LogP contribution in [-0.4, -0.2) is 18.6 Å². The van der Waals surface area contributed by atoms with Gasteiger partial charge in [0, 0.05) is 27.9 Å². The number of thiazole rings is 1. The second-order valence-electron chi connectivity index (χ2n) is 5.00. The second kappa shape index (κ2) is 6.64. The Morgan fingerprint density at radius 3 is 2.79 bits per heavy atom. The lowest BCUT2D eigenvalue weighted by molar-refractivity contribution is 0.471. The first kappa shape index (κ1) is 14.7. The fourth-order valence-corrected chi connectivity index (χ4v) is 3.39. The SMILES string of the molecule is CNCC(c1csc(-c2cccc(Br)c2)n1)C(C)C. The minimum absolute atomic E-state index is 0.474. The van der Waals surface area contributed by atoms with Crippen LogP contribution in [0.3, 0.4) is 0 Å². The number of rotatable bonds is 5. The summed E-state index contributed by atoms with van der Waals surface area (Å²) in [6, 6.07) is 8.31. The molecule has 19 heavy (non-hydrogen) atoms. The summed E-state index contributed by atoms with van der Waals surface area (Å²) in [5.41, 5.74) is 2.38. The molecule has 2 rings (SSSR count). The number of likely N-dealkylation sites (N-methyl/N-ethyl adjacent to an activating group) is 1. The van der Waals surface area contributed by atoms with Crippen molar-refractivity contribution in [2.45, 2.75) is 19.8 Å². The normalized spacial score (nSPS) is 12.9. The Morgan fingerprint density at radius 1 is 1.37 bits per heavy atom. The third kappa shape index (κ3) is 3.65. The molecule has 102 valence electrons. The molecule has 0 saturated heterocycles. The molecule has 1 unspecified atom stereocenters. The van der Waals surface area contributed by atoms with Crippen LogP contribution in [0, 0.1) is 5.92 Å². The lowest BCUT2D eigenvalue weighted by Gasteiger charge is -2.18. The Balaban J connectivity index is 2.27. The van der Waals surface area contributed by atoms with E-state index >= 15 is 0 Å². The molecule has 1 aromatic heterocycles. The number of nitrogens with zero attached hydrogens (tertiary/aromatic N) is 1. The van der Waals surface area contributed by atoms with Gasteiger partial charge in [0.2, 0.25) is 0 Å². The van der Waals surface area contributed by atoms with Crippen LogP contribution in [-0.2, 0) is 0 Å². The van der Waals surface area contributed by atoms with Gasteiger partial charge in [0.25, 0.3) is 0 Å². The zero-order chi connectivity index (χ0) is 13.8. The molecule has 1 aromatic carbocycles. The van der Waals surface area contributed by atoms with E-state index in [-0.39, 0.29) is 0 Å². The van der Waals surface area contributed by atoms with Gasteiger partial charge in [-0.2, -0.15) is 0 Å². The van der Waals surface area contributed by atoms with E-state index in [1.54, 1.807) is 11.3 Å². The van der Waals surface area contributed by atoms with Crippen molar-refractivity contribution in [3.05, 3.63) is 39.8 Å². The highest BCUT2D eigenvalue weighted by Crippen LogP contribution is 2.31. The van der Waals surface area contributed by atoms with Gasteiger partial charge in [-0.05, 0) is 25.1 Å². The van der Waals surface area contributed by atoms with Crippen LogP contribution in [0.2, 0.25) is 0 Å². The van der Waals surface area contributed by atoms with Crippen molar-refractivity contribution in [2.75, 3.05) is 13.6 Å². The molecular weight excluding hydrogens is 320 g/mol. The van der Waals surface area contributed by atoms with Gasteiger partial charge < -0.3 is 5.32 Å². The van der Waals surface area contributed by atoms with Crippen LogP contribution in [0.5, 0.6) is 0 Å². The largest absolute Gasteiger partial charge is 0.319 e. The van der Waals surface area contributed by atoms with Gasteiger partial charge in [-0.1, -0.05) is 41.9 Å². The van der Waals surface area contributed by atoms with Crippen LogP contribution < -0.4 is 5.32 Å². The average molecular weight is 339 g/mol. The molecule has 4 heteroatoms. The van der Waals surface area contributed by atoms with E-state index in [4.69, 9.17) is 4.98 Å². The van der Waals surface area contributed by atoms with E-state index in [1.807, 2.05) is 19.2 Å². The van der Waals surface area contributed by atoms with Crippen LogP contribution in [0.25, 0.3) is 10.6 Å². The third-order valence-electron chi connectivity index (χ3n) is 3.20. The Kier molecular flexibility index (Phi) is 5.13. The zero-order valence-corrected chi connectivity index (χ0v) is 13.9. The quantitative estimate of drug-likeness (QED) is 0.866. The average Bonchev–Trinajstić information content (AvgIpc) is 2.84. The number of halogens is 1. The topological polar surface area (TPSA) is 24.9 Å². The Bertz CT molecular complexity index is 536. The maximum absolute atomic E-state index is 4.82. The molecule has 0 spiro atoms. The minimum atomic E-state index is 0.474. The molecule has 2 aromatic rings. The van der Waals surface area contributed by atoms with Gasteiger partial charge in [-0.3, -0.25) is 0 Å². The van der Waals surface area contributed by atoms with Gasteiger partial charge >= 0.3 is 0 Å². The molecule has 0 amide bonds. The maximum Gasteiger partial charge on any atom is 0.123 e. The Labute approximate surface area is 127 Å². The summed E-state index contributed by atoms with van der Waals surface area (Å²) in [7, 11) is 2.00. The predicted octanol–water partition coefficient (Wildman–Crippen LogP) is 4.53. The molecule has 1 heterocycles. The van der Waals surface area contributed by atoms with Crippen molar-refractivity contribution in [3.8, 4) is 10.6 Å². The van der Waals surface area contributed by atoms with Crippen molar-refractivity contribution in [1.82, 2.24) is 10.3 Å². The number of hydrogen-bond donors (Lipinski definition) is 1. The fourth-order valence-electron chi connectivity index (χ4n) is 2.11. The van der Waals surface area contributed by atoms with Gasteiger partial charge in [-0.25, -0.2) is 4.98 Å². The zero-order valence-electron chi connectivity index (χ0n) is 11.5. The smallest absolute Gasteiger partial charge is 0.123 e. The highest BCUT2D eigenvalue weighted by atomic mass is 79.9. The first-order valence-corrected chi connectivity index (χ1v) is 8.15. The monoisotopic (exact) mass is 338 g/mol. The fraction of sp³-hybridized carbons (Fsp3) is 0.400. The molecule has 0 aliphatic heterocycles. The lowest BCUT2D eigenvalue weighted by atomic mass is 9.93.